The van der Waals surface area contributed by atoms with Crippen LogP contribution in [0.1, 0.15) is 37.3 Å². The molecule has 20 heavy (non-hydrogen) atoms. The monoisotopic (exact) mass is 272 g/mol. The van der Waals surface area contributed by atoms with Crippen molar-refractivity contribution in [2.24, 2.45) is 0 Å². The van der Waals surface area contributed by atoms with Crippen LogP contribution in [0.3, 0.4) is 0 Å². The normalized spacial score (nSPS) is 23.0. The van der Waals surface area contributed by atoms with E-state index in [2.05, 4.69) is 48.3 Å². The molecule has 3 rings (SSSR count). The van der Waals surface area contributed by atoms with E-state index in [-0.39, 0.29) is 5.54 Å². The molecule has 0 saturated carbocycles. The molecule has 1 aromatic carbocycles. The highest BCUT2D eigenvalue weighted by atomic mass is 16.1. The second-order valence-corrected chi connectivity index (χ2v) is 6.52. The number of rotatable bonds is 4. The molecule has 1 heterocycles. The maximum Gasteiger partial charge on any atom is 0.153 e. The van der Waals surface area contributed by atoms with Crippen LogP contribution in [0.25, 0.3) is 0 Å². The molecule has 1 N–H and O–H groups in total. The Hall–Kier alpha value is -1.19. The molecule has 1 fully saturated rings. The summed E-state index contributed by atoms with van der Waals surface area (Å²) in [6, 6.07) is 8.52. The third-order valence-electron chi connectivity index (χ3n) is 4.98. The third kappa shape index (κ3) is 2.40. The zero-order chi connectivity index (χ0) is 14.2. The number of ketones is 1. The number of nitrogens with zero attached hydrogens (tertiary/aromatic N) is 1. The van der Waals surface area contributed by atoms with Gasteiger partial charge in [-0.15, -0.1) is 0 Å². The van der Waals surface area contributed by atoms with Crippen molar-refractivity contribution in [3.05, 3.63) is 35.4 Å². The van der Waals surface area contributed by atoms with Crippen molar-refractivity contribution in [3.63, 3.8) is 0 Å². The van der Waals surface area contributed by atoms with Gasteiger partial charge in [-0.3, -0.25) is 9.69 Å². The number of Topliss-reactive ketones (excluding diaryl/α,β-unsaturated/α-hetero) is 1. The quantitative estimate of drug-likeness (QED) is 0.909. The Bertz CT molecular complexity index is 503. The molecule has 0 bridgehead atoms. The van der Waals surface area contributed by atoms with Gasteiger partial charge in [-0.1, -0.05) is 24.3 Å². The van der Waals surface area contributed by atoms with Crippen molar-refractivity contribution in [1.29, 1.82) is 0 Å². The summed E-state index contributed by atoms with van der Waals surface area (Å²) in [5.41, 5.74) is 2.48. The average molecular weight is 272 g/mol. The molecular formula is C17H24N2O. The molecule has 0 radical (unpaired) electrons. The van der Waals surface area contributed by atoms with E-state index in [1.54, 1.807) is 0 Å². The number of hydrogen-bond donors (Lipinski definition) is 1. The van der Waals surface area contributed by atoms with Gasteiger partial charge in [0.1, 0.15) is 0 Å². The molecule has 0 spiro atoms. The molecular weight excluding hydrogens is 248 g/mol. The second-order valence-electron chi connectivity index (χ2n) is 6.52. The molecule has 3 nitrogen and oxygen atoms in total. The summed E-state index contributed by atoms with van der Waals surface area (Å²) in [6.07, 6.45) is 1.76. The molecule has 3 heteroatoms. The Morgan fingerprint density at radius 3 is 2.70 bits per heavy atom. The van der Waals surface area contributed by atoms with Gasteiger partial charge in [0.25, 0.3) is 0 Å². The smallest absolute Gasteiger partial charge is 0.153 e. The minimum absolute atomic E-state index is 0.327. The highest BCUT2D eigenvalue weighted by molar-refractivity contribution is 5.88. The summed E-state index contributed by atoms with van der Waals surface area (Å²) >= 11 is 0. The summed E-state index contributed by atoms with van der Waals surface area (Å²) in [4.78, 5) is 15.0. The lowest BCUT2D eigenvalue weighted by atomic mass is 9.73. The maximum absolute atomic E-state index is 12.7. The van der Waals surface area contributed by atoms with Crippen LogP contribution in [0.5, 0.6) is 0 Å². The summed E-state index contributed by atoms with van der Waals surface area (Å²) < 4.78 is 0. The zero-order valence-corrected chi connectivity index (χ0v) is 12.5. The van der Waals surface area contributed by atoms with Gasteiger partial charge in [-0.05, 0) is 37.3 Å². The van der Waals surface area contributed by atoms with Crippen molar-refractivity contribution in [1.82, 2.24) is 10.2 Å². The van der Waals surface area contributed by atoms with Crippen LogP contribution in [0.15, 0.2) is 24.3 Å². The number of fused-ring (bicyclic) bond motifs is 1. The largest absolute Gasteiger partial charge is 0.314 e. The van der Waals surface area contributed by atoms with Gasteiger partial charge in [-0.25, -0.2) is 0 Å². The SMILES string of the molecule is CC(C)(C(=O)CC1Cc2ccccc21)N1CCNCC1. The van der Waals surface area contributed by atoms with Gasteiger partial charge in [-0.2, -0.15) is 0 Å². The topological polar surface area (TPSA) is 32.3 Å². The molecule has 1 aliphatic carbocycles. The number of benzene rings is 1. The fourth-order valence-electron chi connectivity index (χ4n) is 3.42. The summed E-state index contributed by atoms with van der Waals surface area (Å²) in [5.74, 6) is 0.833. The van der Waals surface area contributed by atoms with E-state index in [1.165, 1.54) is 11.1 Å². The fraction of sp³-hybridized carbons (Fsp3) is 0.588. The predicted octanol–water partition coefficient (Wildman–Crippen LogP) is 1.97. The zero-order valence-electron chi connectivity index (χ0n) is 12.5. The Labute approximate surface area is 121 Å². The third-order valence-corrected chi connectivity index (χ3v) is 4.98. The lowest BCUT2D eigenvalue weighted by Crippen LogP contribution is -2.57. The van der Waals surface area contributed by atoms with Crippen molar-refractivity contribution in [3.8, 4) is 0 Å². The number of piperazine rings is 1. The van der Waals surface area contributed by atoms with Gasteiger partial charge in [0.15, 0.2) is 5.78 Å². The first-order valence-electron chi connectivity index (χ1n) is 7.66. The van der Waals surface area contributed by atoms with Crippen molar-refractivity contribution in [2.45, 2.75) is 38.1 Å². The predicted molar refractivity (Wildman–Crippen MR) is 81.0 cm³/mol. The van der Waals surface area contributed by atoms with Gasteiger partial charge in [0.2, 0.25) is 0 Å². The summed E-state index contributed by atoms with van der Waals surface area (Å²) in [5, 5.41) is 3.35. The van der Waals surface area contributed by atoms with Crippen LogP contribution in [-0.2, 0) is 11.2 Å². The standard InChI is InChI=1S/C17H24N2O/c1-17(2,19-9-7-18-8-10-19)16(20)12-14-11-13-5-3-4-6-15(13)14/h3-6,14,18H,7-12H2,1-2H3. The van der Waals surface area contributed by atoms with E-state index in [0.29, 0.717) is 18.1 Å². The lowest BCUT2D eigenvalue weighted by Gasteiger charge is -2.41. The molecule has 1 saturated heterocycles. The van der Waals surface area contributed by atoms with E-state index < -0.39 is 0 Å². The molecule has 0 amide bonds. The minimum Gasteiger partial charge on any atom is -0.314 e. The Morgan fingerprint density at radius 1 is 1.30 bits per heavy atom. The molecule has 0 aromatic heterocycles. The van der Waals surface area contributed by atoms with Crippen LogP contribution < -0.4 is 5.32 Å². The first-order chi connectivity index (χ1) is 9.59. The average Bonchev–Trinajstić information content (AvgIpc) is 2.45. The van der Waals surface area contributed by atoms with E-state index in [9.17, 15) is 4.79 Å². The number of hydrogen-bond acceptors (Lipinski definition) is 3. The molecule has 108 valence electrons. The minimum atomic E-state index is -0.327. The number of nitrogens with one attached hydrogen (secondary N) is 1. The number of carbonyl (C=O) groups is 1. The van der Waals surface area contributed by atoms with E-state index in [0.717, 1.165) is 32.6 Å². The highest BCUT2D eigenvalue weighted by Gasteiger charge is 2.38. The Balaban J connectivity index is 1.65. The van der Waals surface area contributed by atoms with Crippen LogP contribution >= 0.6 is 0 Å². The molecule has 1 aliphatic heterocycles. The Kier molecular flexibility index (Phi) is 3.65. The summed E-state index contributed by atoms with van der Waals surface area (Å²) in [7, 11) is 0. The van der Waals surface area contributed by atoms with Crippen molar-refractivity contribution >= 4 is 5.78 Å². The maximum atomic E-state index is 12.7. The van der Waals surface area contributed by atoms with E-state index in [4.69, 9.17) is 0 Å². The first kappa shape index (κ1) is 13.8. The first-order valence-corrected chi connectivity index (χ1v) is 7.66. The van der Waals surface area contributed by atoms with Gasteiger partial charge in [0, 0.05) is 32.6 Å². The van der Waals surface area contributed by atoms with Crippen LogP contribution in [0.4, 0.5) is 0 Å². The van der Waals surface area contributed by atoms with Gasteiger partial charge < -0.3 is 5.32 Å². The van der Waals surface area contributed by atoms with E-state index in [1.807, 2.05) is 0 Å². The Morgan fingerprint density at radius 2 is 2.00 bits per heavy atom. The van der Waals surface area contributed by atoms with Crippen LogP contribution in [0.2, 0.25) is 0 Å². The number of carbonyl (C=O) groups excluding carboxylic acids is 1. The molecule has 1 aromatic rings. The van der Waals surface area contributed by atoms with Gasteiger partial charge in [0.05, 0.1) is 5.54 Å². The molecule has 2 aliphatic rings. The van der Waals surface area contributed by atoms with E-state index >= 15 is 0 Å². The van der Waals surface area contributed by atoms with Crippen molar-refractivity contribution in [2.75, 3.05) is 26.2 Å². The van der Waals surface area contributed by atoms with Crippen molar-refractivity contribution < 1.29 is 4.79 Å². The molecule has 1 unspecified atom stereocenters. The summed E-state index contributed by atoms with van der Waals surface area (Å²) in [6.45, 7) is 8.10. The lowest BCUT2D eigenvalue weighted by molar-refractivity contribution is -0.130. The van der Waals surface area contributed by atoms with Crippen LogP contribution in [-0.4, -0.2) is 42.4 Å². The van der Waals surface area contributed by atoms with Crippen LogP contribution in [0, 0.1) is 0 Å². The van der Waals surface area contributed by atoms with Gasteiger partial charge >= 0.3 is 0 Å². The molecule has 1 atom stereocenters. The highest BCUT2D eigenvalue weighted by Crippen LogP contribution is 2.38. The fourth-order valence-corrected chi connectivity index (χ4v) is 3.42. The second kappa shape index (κ2) is 5.30.